The number of hydrogen-bond donors (Lipinski definition) is 0. The molecule has 0 aliphatic heterocycles. The molecule has 3 nitrogen and oxygen atoms in total. The van der Waals surface area contributed by atoms with Gasteiger partial charge in [0, 0.05) is 27.5 Å². The van der Waals surface area contributed by atoms with Gasteiger partial charge in [-0.3, -0.25) is 0 Å². The Hall–Kier alpha value is -7.10. The summed E-state index contributed by atoms with van der Waals surface area (Å²) >= 11 is 0. The molecule has 53 heavy (non-hydrogen) atoms. The molecule has 2 heterocycles. The van der Waals surface area contributed by atoms with Crippen LogP contribution in [0.3, 0.4) is 0 Å². The molecule has 2 aromatic heterocycles. The second-order valence-corrected chi connectivity index (χ2v) is 13.3. The highest BCUT2D eigenvalue weighted by Crippen LogP contribution is 2.42. The zero-order chi connectivity index (χ0) is 35.1. The van der Waals surface area contributed by atoms with Gasteiger partial charge in [0.1, 0.15) is 11.2 Å². The molecular weight excluding hydrogens is 645 g/mol. The van der Waals surface area contributed by atoms with Crippen LogP contribution in [0.15, 0.2) is 199 Å². The van der Waals surface area contributed by atoms with Crippen LogP contribution in [0.4, 0.5) is 0 Å². The fraction of sp³-hybridized carbons (Fsp3) is 0. The van der Waals surface area contributed by atoms with E-state index in [1.165, 1.54) is 16.5 Å². The molecule has 10 rings (SSSR count). The molecule has 0 aliphatic rings. The third-order valence-corrected chi connectivity index (χ3v) is 10.1. The smallest absolute Gasteiger partial charge is 0.160 e. The Kier molecular flexibility index (Phi) is 7.47. The minimum absolute atomic E-state index is 0.686. The largest absolute Gasteiger partial charge is 0.456 e. The standard InChI is InChI=1S/C50H32N2O/c1-3-15-33(16-4-1)39-21-9-10-23-41(39)36-29-37(42-25-14-28-48-49(42)44-24-11-12-27-47(44)53-48)31-38(30-36)45-32-46(52-50(51-45)35-18-5-2-6-19-35)43-26-13-20-34-17-7-8-22-40(34)43/h1-32H. The van der Waals surface area contributed by atoms with Crippen LogP contribution in [0.25, 0.3) is 100.0 Å². The lowest BCUT2D eigenvalue weighted by Gasteiger charge is -2.16. The number of fused-ring (bicyclic) bond motifs is 4. The van der Waals surface area contributed by atoms with Gasteiger partial charge < -0.3 is 4.42 Å². The molecule has 0 spiro atoms. The van der Waals surface area contributed by atoms with E-state index in [2.05, 4.69) is 164 Å². The fourth-order valence-electron chi connectivity index (χ4n) is 7.60. The number of rotatable bonds is 6. The topological polar surface area (TPSA) is 38.9 Å². The molecule has 0 amide bonds. The predicted molar refractivity (Wildman–Crippen MR) is 219 cm³/mol. The summed E-state index contributed by atoms with van der Waals surface area (Å²) in [4.78, 5) is 10.5. The molecule has 248 valence electrons. The normalized spacial score (nSPS) is 11.4. The van der Waals surface area contributed by atoms with E-state index in [1.54, 1.807) is 0 Å². The maximum absolute atomic E-state index is 6.37. The van der Waals surface area contributed by atoms with Crippen molar-refractivity contribution in [3.05, 3.63) is 194 Å². The van der Waals surface area contributed by atoms with Gasteiger partial charge in [0.15, 0.2) is 5.82 Å². The number of para-hydroxylation sites is 1. The summed E-state index contributed by atoms with van der Waals surface area (Å²) in [6.07, 6.45) is 0. The van der Waals surface area contributed by atoms with Crippen molar-refractivity contribution in [3.8, 4) is 67.3 Å². The van der Waals surface area contributed by atoms with Gasteiger partial charge in [0.25, 0.3) is 0 Å². The van der Waals surface area contributed by atoms with Crippen molar-refractivity contribution in [2.45, 2.75) is 0 Å². The Morgan fingerprint density at radius 1 is 0.321 bits per heavy atom. The van der Waals surface area contributed by atoms with Gasteiger partial charge in [-0.2, -0.15) is 0 Å². The molecule has 0 fully saturated rings. The van der Waals surface area contributed by atoms with E-state index < -0.39 is 0 Å². The highest BCUT2D eigenvalue weighted by molar-refractivity contribution is 6.13. The summed E-state index contributed by atoms with van der Waals surface area (Å²) in [7, 11) is 0. The monoisotopic (exact) mass is 676 g/mol. The van der Waals surface area contributed by atoms with Crippen molar-refractivity contribution in [2.75, 3.05) is 0 Å². The van der Waals surface area contributed by atoms with Crippen LogP contribution >= 0.6 is 0 Å². The van der Waals surface area contributed by atoms with Crippen molar-refractivity contribution in [3.63, 3.8) is 0 Å². The molecule has 0 saturated carbocycles. The zero-order valence-electron chi connectivity index (χ0n) is 28.8. The Morgan fingerprint density at radius 3 is 1.66 bits per heavy atom. The van der Waals surface area contributed by atoms with Crippen LogP contribution in [-0.4, -0.2) is 9.97 Å². The molecular formula is C50H32N2O. The number of nitrogens with zero attached hydrogens (tertiary/aromatic N) is 2. The average molecular weight is 677 g/mol. The van der Waals surface area contributed by atoms with E-state index in [4.69, 9.17) is 14.4 Å². The minimum Gasteiger partial charge on any atom is -0.456 e. The van der Waals surface area contributed by atoms with Gasteiger partial charge in [-0.25, -0.2) is 9.97 Å². The van der Waals surface area contributed by atoms with E-state index in [9.17, 15) is 0 Å². The van der Waals surface area contributed by atoms with Crippen molar-refractivity contribution < 1.29 is 4.42 Å². The first-order valence-corrected chi connectivity index (χ1v) is 17.9. The zero-order valence-corrected chi connectivity index (χ0v) is 28.8. The van der Waals surface area contributed by atoms with E-state index >= 15 is 0 Å². The summed E-state index contributed by atoms with van der Waals surface area (Å²) < 4.78 is 6.37. The van der Waals surface area contributed by atoms with E-state index in [0.29, 0.717) is 5.82 Å². The van der Waals surface area contributed by atoms with Gasteiger partial charge in [-0.1, -0.05) is 158 Å². The summed E-state index contributed by atoms with van der Waals surface area (Å²) in [6.45, 7) is 0. The van der Waals surface area contributed by atoms with Gasteiger partial charge in [-0.15, -0.1) is 0 Å². The lowest BCUT2D eigenvalue weighted by Crippen LogP contribution is -1.97. The van der Waals surface area contributed by atoms with Gasteiger partial charge in [0.05, 0.1) is 11.4 Å². The van der Waals surface area contributed by atoms with Crippen LogP contribution in [0.1, 0.15) is 0 Å². The highest BCUT2D eigenvalue weighted by atomic mass is 16.3. The molecule has 10 aromatic rings. The number of aromatic nitrogens is 2. The number of furan rings is 1. The molecule has 0 atom stereocenters. The Balaban J connectivity index is 1.26. The number of benzene rings is 8. The van der Waals surface area contributed by atoms with E-state index in [0.717, 1.165) is 77.7 Å². The van der Waals surface area contributed by atoms with Crippen molar-refractivity contribution in [2.24, 2.45) is 0 Å². The van der Waals surface area contributed by atoms with Crippen LogP contribution in [0, 0.1) is 0 Å². The highest BCUT2D eigenvalue weighted by Gasteiger charge is 2.18. The maximum atomic E-state index is 6.37. The lowest BCUT2D eigenvalue weighted by atomic mass is 9.89. The quantitative estimate of drug-likeness (QED) is 0.176. The molecule has 0 radical (unpaired) electrons. The maximum Gasteiger partial charge on any atom is 0.160 e. The van der Waals surface area contributed by atoms with Crippen molar-refractivity contribution in [1.82, 2.24) is 9.97 Å². The van der Waals surface area contributed by atoms with Crippen LogP contribution in [0.2, 0.25) is 0 Å². The summed E-state index contributed by atoms with van der Waals surface area (Å²) in [5, 5.41) is 4.53. The first-order chi connectivity index (χ1) is 26.3. The molecule has 0 aliphatic carbocycles. The SMILES string of the molecule is c1ccc(-c2nc(-c3cc(-c4ccccc4-c4ccccc4)cc(-c4cccc5oc6ccccc6c45)c3)cc(-c3cccc4ccccc34)n2)cc1. The first kappa shape index (κ1) is 30.7. The van der Waals surface area contributed by atoms with E-state index in [1.807, 2.05) is 30.3 Å². The van der Waals surface area contributed by atoms with Crippen LogP contribution in [-0.2, 0) is 0 Å². The van der Waals surface area contributed by atoms with Crippen molar-refractivity contribution in [1.29, 1.82) is 0 Å². The molecule has 0 saturated heterocycles. The first-order valence-electron chi connectivity index (χ1n) is 17.9. The summed E-state index contributed by atoms with van der Waals surface area (Å²) in [5.74, 6) is 0.686. The van der Waals surface area contributed by atoms with Gasteiger partial charge in [-0.05, 0) is 80.6 Å². The molecule has 0 unspecified atom stereocenters. The molecule has 0 N–H and O–H groups in total. The Bertz CT molecular complexity index is 2940. The van der Waals surface area contributed by atoms with Crippen LogP contribution in [0.5, 0.6) is 0 Å². The second-order valence-electron chi connectivity index (χ2n) is 13.3. The lowest BCUT2D eigenvalue weighted by molar-refractivity contribution is 0.669. The predicted octanol–water partition coefficient (Wildman–Crippen LogP) is 13.5. The van der Waals surface area contributed by atoms with Crippen molar-refractivity contribution >= 4 is 32.7 Å². The molecule has 0 bridgehead atoms. The summed E-state index contributed by atoms with van der Waals surface area (Å²) in [5.41, 5.74) is 13.3. The minimum atomic E-state index is 0.686. The average Bonchev–Trinajstić information content (AvgIpc) is 3.63. The Morgan fingerprint density at radius 2 is 0.849 bits per heavy atom. The fourth-order valence-corrected chi connectivity index (χ4v) is 7.60. The van der Waals surface area contributed by atoms with Crippen LogP contribution < -0.4 is 0 Å². The van der Waals surface area contributed by atoms with Gasteiger partial charge in [0.2, 0.25) is 0 Å². The second kappa shape index (κ2) is 12.9. The molecule has 8 aromatic carbocycles. The number of hydrogen-bond acceptors (Lipinski definition) is 3. The Labute approximate surface area is 307 Å². The van der Waals surface area contributed by atoms with Gasteiger partial charge >= 0.3 is 0 Å². The molecule has 3 heteroatoms. The summed E-state index contributed by atoms with van der Waals surface area (Å²) in [6, 6.07) is 68.1. The third kappa shape index (κ3) is 5.56. The third-order valence-electron chi connectivity index (χ3n) is 10.1. The van der Waals surface area contributed by atoms with E-state index in [-0.39, 0.29) is 0 Å².